The summed E-state index contributed by atoms with van der Waals surface area (Å²) in [5, 5.41) is 15.4. The Morgan fingerprint density at radius 2 is 2.16 bits per heavy atom. The van der Waals surface area contributed by atoms with E-state index in [4.69, 9.17) is 10.00 Å². The average Bonchev–Trinajstić information content (AvgIpc) is 3.02. The third-order valence-electron chi connectivity index (χ3n) is 3.67. The second kappa shape index (κ2) is 7.55. The molecule has 7 nitrogen and oxygen atoms in total. The van der Waals surface area contributed by atoms with Crippen molar-refractivity contribution >= 4 is 17.5 Å². The van der Waals surface area contributed by atoms with Crippen LogP contribution in [-0.4, -0.2) is 27.6 Å². The maximum absolute atomic E-state index is 11.7. The zero-order valence-electron chi connectivity index (χ0n) is 13.8. The molecular formula is C18H17N5O2. The number of carbonyl (C=O) groups excluding carboxylic acids is 1. The standard InChI is InChI=1S/C18H17N5O2/c1-25-12-14-5-2-3-6-15(14)13-8-9-16-20-18(22-23(16)11-13)21-17(24)7-4-10-19/h2-3,5-6,8-9,11H,4,7,12H2,1H3,(H,21,22,24). The molecule has 2 heterocycles. The smallest absolute Gasteiger partial charge is 0.249 e. The number of carbonyl (C=O) groups is 1. The van der Waals surface area contributed by atoms with Crippen molar-refractivity contribution in [2.24, 2.45) is 0 Å². The van der Waals surface area contributed by atoms with E-state index in [0.717, 1.165) is 16.7 Å². The number of nitrogens with one attached hydrogen (secondary N) is 1. The normalized spacial score (nSPS) is 10.6. The topological polar surface area (TPSA) is 92.3 Å². The fraction of sp³-hybridized carbons (Fsp3) is 0.222. The van der Waals surface area contributed by atoms with Gasteiger partial charge in [0.15, 0.2) is 5.65 Å². The first-order valence-corrected chi connectivity index (χ1v) is 7.81. The summed E-state index contributed by atoms with van der Waals surface area (Å²) in [5.74, 6) is -0.0478. The minimum absolute atomic E-state index is 0.127. The maximum Gasteiger partial charge on any atom is 0.249 e. The van der Waals surface area contributed by atoms with Gasteiger partial charge in [0.05, 0.1) is 12.7 Å². The highest BCUT2D eigenvalue weighted by Crippen LogP contribution is 2.24. The number of methoxy groups -OCH3 is 1. The highest BCUT2D eigenvalue weighted by Gasteiger charge is 2.10. The van der Waals surface area contributed by atoms with Gasteiger partial charge in [-0.05, 0) is 23.3 Å². The van der Waals surface area contributed by atoms with Crippen LogP contribution in [0.4, 0.5) is 5.95 Å². The number of fused-ring (bicyclic) bond motifs is 1. The number of nitriles is 1. The van der Waals surface area contributed by atoms with Crippen LogP contribution >= 0.6 is 0 Å². The van der Waals surface area contributed by atoms with E-state index in [1.165, 1.54) is 0 Å². The Bertz CT molecular complexity index is 942. The van der Waals surface area contributed by atoms with Crippen molar-refractivity contribution < 1.29 is 9.53 Å². The van der Waals surface area contributed by atoms with Crippen molar-refractivity contribution in [2.75, 3.05) is 12.4 Å². The molecule has 1 amide bonds. The Morgan fingerprint density at radius 3 is 2.96 bits per heavy atom. The Labute approximate surface area is 144 Å². The Hall–Kier alpha value is -3.24. The van der Waals surface area contributed by atoms with Crippen molar-refractivity contribution in [2.45, 2.75) is 19.4 Å². The molecule has 7 heteroatoms. The van der Waals surface area contributed by atoms with Gasteiger partial charge in [-0.25, -0.2) is 4.52 Å². The predicted octanol–water partition coefficient (Wildman–Crippen LogP) is 2.78. The number of anilines is 1. The molecule has 126 valence electrons. The van der Waals surface area contributed by atoms with Gasteiger partial charge in [0.1, 0.15) is 0 Å². The molecule has 0 bridgehead atoms. The third-order valence-corrected chi connectivity index (χ3v) is 3.67. The van der Waals surface area contributed by atoms with Crippen LogP contribution < -0.4 is 5.32 Å². The van der Waals surface area contributed by atoms with E-state index in [1.807, 2.05) is 48.7 Å². The van der Waals surface area contributed by atoms with E-state index >= 15 is 0 Å². The van der Waals surface area contributed by atoms with Crippen LogP contribution in [0, 0.1) is 11.3 Å². The lowest BCUT2D eigenvalue weighted by Gasteiger charge is -2.08. The van der Waals surface area contributed by atoms with Crippen molar-refractivity contribution in [1.29, 1.82) is 5.26 Å². The second-order valence-electron chi connectivity index (χ2n) is 5.45. The Morgan fingerprint density at radius 1 is 1.32 bits per heavy atom. The number of nitrogens with zero attached hydrogens (tertiary/aromatic N) is 4. The van der Waals surface area contributed by atoms with Crippen molar-refractivity contribution in [3.05, 3.63) is 48.2 Å². The van der Waals surface area contributed by atoms with E-state index in [-0.39, 0.29) is 24.7 Å². The fourth-order valence-corrected chi connectivity index (χ4v) is 2.54. The molecule has 2 aromatic heterocycles. The van der Waals surface area contributed by atoms with Gasteiger partial charge in [-0.2, -0.15) is 10.2 Å². The lowest BCUT2D eigenvalue weighted by atomic mass is 10.0. The van der Waals surface area contributed by atoms with Crippen LogP contribution in [0.25, 0.3) is 16.8 Å². The SMILES string of the molecule is COCc1ccccc1-c1ccc2nc(NC(=O)CCC#N)nn2c1. The molecule has 0 fully saturated rings. The van der Waals surface area contributed by atoms with Crippen LogP contribution in [0.3, 0.4) is 0 Å². The molecule has 0 spiro atoms. The number of hydrogen-bond donors (Lipinski definition) is 1. The molecule has 1 aromatic carbocycles. The summed E-state index contributed by atoms with van der Waals surface area (Å²) in [6.45, 7) is 0.520. The second-order valence-corrected chi connectivity index (χ2v) is 5.45. The monoisotopic (exact) mass is 335 g/mol. The van der Waals surface area contributed by atoms with Gasteiger partial charge in [0.2, 0.25) is 11.9 Å². The van der Waals surface area contributed by atoms with Gasteiger partial charge in [-0.1, -0.05) is 24.3 Å². The summed E-state index contributed by atoms with van der Waals surface area (Å²) in [5.41, 5.74) is 3.74. The molecule has 3 aromatic rings. The number of benzene rings is 1. The van der Waals surface area contributed by atoms with Crippen molar-refractivity contribution in [1.82, 2.24) is 14.6 Å². The first-order chi connectivity index (χ1) is 12.2. The first kappa shape index (κ1) is 16.6. The minimum Gasteiger partial charge on any atom is -0.380 e. The highest BCUT2D eigenvalue weighted by molar-refractivity contribution is 5.89. The summed E-state index contributed by atoms with van der Waals surface area (Å²) in [7, 11) is 1.67. The highest BCUT2D eigenvalue weighted by atomic mass is 16.5. The minimum atomic E-state index is -0.275. The predicted molar refractivity (Wildman–Crippen MR) is 92.6 cm³/mol. The summed E-state index contributed by atoms with van der Waals surface area (Å²) < 4.78 is 6.88. The number of ether oxygens (including phenoxy) is 1. The molecule has 0 aliphatic rings. The summed E-state index contributed by atoms with van der Waals surface area (Å²) in [4.78, 5) is 16.0. The molecule has 0 atom stereocenters. The lowest BCUT2D eigenvalue weighted by Crippen LogP contribution is -2.12. The van der Waals surface area contributed by atoms with E-state index in [0.29, 0.717) is 12.3 Å². The molecule has 0 saturated carbocycles. The van der Waals surface area contributed by atoms with Gasteiger partial charge in [0.25, 0.3) is 0 Å². The van der Waals surface area contributed by atoms with Gasteiger partial charge >= 0.3 is 0 Å². The van der Waals surface area contributed by atoms with Gasteiger partial charge < -0.3 is 4.74 Å². The molecule has 0 unspecified atom stereocenters. The fourth-order valence-electron chi connectivity index (χ4n) is 2.54. The molecular weight excluding hydrogens is 318 g/mol. The number of hydrogen-bond acceptors (Lipinski definition) is 5. The summed E-state index contributed by atoms with van der Waals surface area (Å²) in [6.07, 6.45) is 2.16. The number of amides is 1. The van der Waals surface area contributed by atoms with Crippen LogP contribution in [0.2, 0.25) is 0 Å². The largest absolute Gasteiger partial charge is 0.380 e. The molecule has 3 rings (SSSR count). The van der Waals surface area contributed by atoms with Gasteiger partial charge in [-0.15, -0.1) is 5.10 Å². The lowest BCUT2D eigenvalue weighted by molar-refractivity contribution is -0.116. The Kier molecular flexibility index (Phi) is 5.02. The van der Waals surface area contributed by atoms with E-state index < -0.39 is 0 Å². The third kappa shape index (κ3) is 3.82. The van der Waals surface area contributed by atoms with Gasteiger partial charge in [-0.3, -0.25) is 10.1 Å². The molecule has 0 aliphatic carbocycles. The summed E-state index contributed by atoms with van der Waals surface area (Å²) >= 11 is 0. The van der Waals surface area contributed by atoms with E-state index in [1.54, 1.807) is 11.6 Å². The summed E-state index contributed by atoms with van der Waals surface area (Å²) in [6, 6.07) is 13.7. The zero-order chi connectivity index (χ0) is 17.6. The number of rotatable bonds is 6. The van der Waals surface area contributed by atoms with Crippen molar-refractivity contribution in [3.63, 3.8) is 0 Å². The van der Waals surface area contributed by atoms with E-state index in [2.05, 4.69) is 15.4 Å². The van der Waals surface area contributed by atoms with E-state index in [9.17, 15) is 4.79 Å². The van der Waals surface area contributed by atoms with Crippen LogP contribution in [-0.2, 0) is 16.1 Å². The van der Waals surface area contributed by atoms with Crippen LogP contribution in [0.1, 0.15) is 18.4 Å². The molecule has 1 N–H and O–H groups in total. The molecule has 0 radical (unpaired) electrons. The first-order valence-electron chi connectivity index (χ1n) is 7.81. The molecule has 25 heavy (non-hydrogen) atoms. The van der Waals surface area contributed by atoms with Crippen LogP contribution in [0.5, 0.6) is 0 Å². The quantitative estimate of drug-likeness (QED) is 0.748. The molecule has 0 aliphatic heterocycles. The number of pyridine rings is 1. The van der Waals surface area contributed by atoms with Gasteiger partial charge in [0, 0.05) is 31.7 Å². The number of aromatic nitrogens is 3. The Balaban J connectivity index is 1.88. The average molecular weight is 335 g/mol. The zero-order valence-corrected chi connectivity index (χ0v) is 13.8. The van der Waals surface area contributed by atoms with Crippen molar-refractivity contribution in [3.8, 4) is 17.2 Å². The molecule has 0 saturated heterocycles. The van der Waals surface area contributed by atoms with Crippen LogP contribution in [0.15, 0.2) is 42.6 Å². The maximum atomic E-state index is 11.7.